The number of ether oxygens (including phenoxy) is 1. The summed E-state index contributed by atoms with van der Waals surface area (Å²) in [5, 5.41) is 3.47. The second-order valence-corrected chi connectivity index (χ2v) is 5.78. The molecule has 2 atom stereocenters. The Bertz CT molecular complexity index is 505. The summed E-state index contributed by atoms with van der Waals surface area (Å²) >= 11 is 5.96. The Hall–Kier alpha value is -1.20. The van der Waals surface area contributed by atoms with Crippen molar-refractivity contribution in [1.82, 2.24) is 9.97 Å². The predicted octanol–water partition coefficient (Wildman–Crippen LogP) is 2.48. The van der Waals surface area contributed by atoms with E-state index in [4.69, 9.17) is 16.3 Å². The molecule has 1 aromatic rings. The van der Waals surface area contributed by atoms with Crippen molar-refractivity contribution in [3.8, 4) is 0 Å². The number of methoxy groups -OCH3 is 1. The fourth-order valence-corrected chi connectivity index (χ4v) is 2.71. The third kappa shape index (κ3) is 2.44. The highest BCUT2D eigenvalue weighted by molar-refractivity contribution is 6.32. The molecule has 1 saturated carbocycles. The lowest BCUT2D eigenvalue weighted by molar-refractivity contribution is -0.0795. The maximum atomic E-state index is 11.1. The highest BCUT2D eigenvalue weighted by Crippen LogP contribution is 2.44. The second kappa shape index (κ2) is 5.06. The van der Waals surface area contributed by atoms with Crippen LogP contribution in [0, 0.1) is 12.3 Å². The monoisotopic (exact) mass is 283 g/mol. The molecule has 0 amide bonds. The summed E-state index contributed by atoms with van der Waals surface area (Å²) in [6.45, 7) is 5.99. The first-order valence-corrected chi connectivity index (χ1v) is 6.56. The molecule has 1 aliphatic carbocycles. The van der Waals surface area contributed by atoms with E-state index < -0.39 is 0 Å². The average molecular weight is 284 g/mol. The van der Waals surface area contributed by atoms with Gasteiger partial charge >= 0.3 is 0 Å². The van der Waals surface area contributed by atoms with Gasteiger partial charge in [-0.2, -0.15) is 0 Å². The molecule has 1 aliphatic rings. The molecule has 6 heteroatoms. The zero-order valence-corrected chi connectivity index (χ0v) is 12.3. The topological polar surface area (TPSA) is 64.1 Å². The maximum Gasteiger partial charge on any atom is 0.156 e. The zero-order chi connectivity index (χ0) is 14.2. The first-order valence-electron chi connectivity index (χ1n) is 6.18. The third-order valence-corrected chi connectivity index (χ3v) is 4.19. The van der Waals surface area contributed by atoms with Crippen LogP contribution in [0.2, 0.25) is 5.15 Å². The Kier molecular flexibility index (Phi) is 3.78. The van der Waals surface area contributed by atoms with Crippen molar-refractivity contribution in [3.63, 3.8) is 0 Å². The number of nitrogens with zero attached hydrogens (tertiary/aromatic N) is 2. The van der Waals surface area contributed by atoms with Crippen molar-refractivity contribution in [2.45, 2.75) is 39.3 Å². The lowest BCUT2D eigenvalue weighted by atomic mass is 9.64. The van der Waals surface area contributed by atoms with Gasteiger partial charge in [0.25, 0.3) is 0 Å². The number of hydrogen-bond donors (Lipinski definition) is 1. The number of aromatic nitrogens is 2. The average Bonchev–Trinajstić information content (AvgIpc) is 2.33. The van der Waals surface area contributed by atoms with Crippen molar-refractivity contribution in [2.75, 3.05) is 12.4 Å². The predicted molar refractivity (Wildman–Crippen MR) is 73.8 cm³/mol. The van der Waals surface area contributed by atoms with Gasteiger partial charge in [0.1, 0.15) is 16.8 Å². The molecule has 5 nitrogen and oxygen atoms in total. The Balaban J connectivity index is 2.23. The molecule has 0 saturated heterocycles. The van der Waals surface area contributed by atoms with Crippen LogP contribution >= 0.6 is 11.6 Å². The second-order valence-electron chi connectivity index (χ2n) is 5.42. The van der Waals surface area contributed by atoms with E-state index in [0.717, 1.165) is 6.42 Å². The van der Waals surface area contributed by atoms with Gasteiger partial charge in [-0.25, -0.2) is 9.97 Å². The van der Waals surface area contributed by atoms with Gasteiger partial charge in [-0.3, -0.25) is 4.79 Å². The number of hydrogen-bond acceptors (Lipinski definition) is 5. The van der Waals surface area contributed by atoms with Gasteiger partial charge in [-0.05, 0) is 13.3 Å². The van der Waals surface area contributed by atoms with E-state index in [2.05, 4.69) is 29.1 Å². The minimum Gasteiger partial charge on any atom is -0.381 e. The maximum absolute atomic E-state index is 11.1. The minimum absolute atomic E-state index is 0.0137. The van der Waals surface area contributed by atoms with E-state index in [1.807, 2.05) is 0 Å². The molecule has 2 rings (SSSR count). The van der Waals surface area contributed by atoms with Gasteiger partial charge in [-0.1, -0.05) is 25.4 Å². The summed E-state index contributed by atoms with van der Waals surface area (Å²) in [6, 6.07) is 0.196. The van der Waals surface area contributed by atoms with Gasteiger partial charge in [-0.15, -0.1) is 0 Å². The lowest BCUT2D eigenvalue weighted by Crippen LogP contribution is -2.57. The summed E-state index contributed by atoms with van der Waals surface area (Å²) in [4.78, 5) is 19.3. The first kappa shape index (κ1) is 14.2. The molecule has 0 spiro atoms. The van der Waals surface area contributed by atoms with Crippen LogP contribution in [-0.2, 0) is 4.74 Å². The van der Waals surface area contributed by atoms with Crippen molar-refractivity contribution in [3.05, 3.63) is 16.5 Å². The van der Waals surface area contributed by atoms with Crippen LogP contribution in [0.4, 0.5) is 5.82 Å². The standard InChI is InChI=1S/C13H18ClN3O2/c1-7-15-11(14)8(6-18)12(16-7)17-9-5-10(19-4)13(9,2)3/h6,9-10H,5H2,1-4H3,(H,15,16,17). The van der Waals surface area contributed by atoms with E-state index in [-0.39, 0.29) is 22.7 Å². The van der Waals surface area contributed by atoms with E-state index in [1.165, 1.54) is 0 Å². The fraction of sp³-hybridized carbons (Fsp3) is 0.615. The third-order valence-electron chi connectivity index (χ3n) is 3.90. The Labute approximate surface area is 117 Å². The quantitative estimate of drug-likeness (QED) is 0.679. The lowest BCUT2D eigenvalue weighted by Gasteiger charge is -2.51. The molecule has 104 valence electrons. The number of aryl methyl sites for hydroxylation is 1. The smallest absolute Gasteiger partial charge is 0.156 e. The minimum atomic E-state index is -0.0137. The van der Waals surface area contributed by atoms with Crippen LogP contribution in [0.15, 0.2) is 0 Å². The van der Waals surface area contributed by atoms with Crippen LogP contribution < -0.4 is 5.32 Å². The molecule has 0 bridgehead atoms. The van der Waals surface area contributed by atoms with Crippen LogP contribution in [0.3, 0.4) is 0 Å². The van der Waals surface area contributed by atoms with Gasteiger partial charge in [0, 0.05) is 18.6 Å². The van der Waals surface area contributed by atoms with Crippen molar-refractivity contribution in [2.24, 2.45) is 5.41 Å². The van der Waals surface area contributed by atoms with Crippen molar-refractivity contribution in [1.29, 1.82) is 0 Å². The number of aldehydes is 1. The largest absolute Gasteiger partial charge is 0.381 e. The number of carbonyl (C=O) groups is 1. The summed E-state index contributed by atoms with van der Waals surface area (Å²) in [5.41, 5.74) is 0.296. The molecule has 1 heterocycles. The number of halogens is 1. The molecule has 1 fully saturated rings. The summed E-state index contributed by atoms with van der Waals surface area (Å²) in [7, 11) is 1.71. The molecule has 0 aliphatic heterocycles. The molecular weight excluding hydrogens is 266 g/mol. The number of carbonyl (C=O) groups excluding carboxylic acids is 1. The normalized spacial score (nSPS) is 24.7. The van der Waals surface area contributed by atoms with Gasteiger partial charge in [0.15, 0.2) is 6.29 Å². The molecule has 1 aromatic heterocycles. The van der Waals surface area contributed by atoms with Crippen molar-refractivity contribution >= 4 is 23.7 Å². The Morgan fingerprint density at radius 2 is 2.16 bits per heavy atom. The van der Waals surface area contributed by atoms with Crippen molar-refractivity contribution < 1.29 is 9.53 Å². The van der Waals surface area contributed by atoms with Crippen LogP contribution in [-0.4, -0.2) is 35.5 Å². The van der Waals surface area contributed by atoms with E-state index in [1.54, 1.807) is 14.0 Å². The molecule has 2 unspecified atom stereocenters. The Morgan fingerprint density at radius 3 is 2.68 bits per heavy atom. The van der Waals surface area contributed by atoms with Crippen LogP contribution in [0.5, 0.6) is 0 Å². The molecular formula is C13H18ClN3O2. The van der Waals surface area contributed by atoms with Gasteiger partial charge in [0.2, 0.25) is 0 Å². The fourth-order valence-electron chi connectivity index (χ4n) is 2.46. The van der Waals surface area contributed by atoms with Crippen LogP contribution in [0.1, 0.15) is 36.5 Å². The molecule has 19 heavy (non-hydrogen) atoms. The SMILES string of the molecule is COC1CC(Nc2nc(C)nc(Cl)c2C=O)C1(C)C. The number of rotatable bonds is 4. The highest BCUT2D eigenvalue weighted by atomic mass is 35.5. The van der Waals surface area contributed by atoms with E-state index in [9.17, 15) is 4.79 Å². The summed E-state index contributed by atoms with van der Waals surface area (Å²) in [5.74, 6) is 1.04. The molecule has 0 radical (unpaired) electrons. The van der Waals surface area contributed by atoms with Gasteiger partial charge < -0.3 is 10.1 Å². The first-order chi connectivity index (χ1) is 8.90. The Morgan fingerprint density at radius 1 is 1.47 bits per heavy atom. The van der Waals surface area contributed by atoms with E-state index >= 15 is 0 Å². The summed E-state index contributed by atoms with van der Waals surface area (Å²) < 4.78 is 5.41. The molecule has 1 N–H and O–H groups in total. The number of anilines is 1. The molecule has 0 aromatic carbocycles. The highest BCUT2D eigenvalue weighted by Gasteiger charge is 2.48. The van der Waals surface area contributed by atoms with Gasteiger partial charge in [0.05, 0.1) is 11.7 Å². The van der Waals surface area contributed by atoms with Crippen LogP contribution in [0.25, 0.3) is 0 Å². The summed E-state index contributed by atoms with van der Waals surface area (Å²) in [6.07, 6.45) is 1.77. The zero-order valence-electron chi connectivity index (χ0n) is 11.5. The van der Waals surface area contributed by atoms with E-state index in [0.29, 0.717) is 23.5 Å². The number of nitrogens with one attached hydrogen (secondary N) is 1.